The normalized spacial score (nSPS) is 9.98. The van der Waals surface area contributed by atoms with E-state index in [0.717, 1.165) is 11.8 Å². The van der Waals surface area contributed by atoms with Gasteiger partial charge in [-0.25, -0.2) is 0 Å². The Morgan fingerprint density at radius 3 is 1.25 bits per heavy atom. The smallest absolute Gasteiger partial charge is 0.0155 e. The van der Waals surface area contributed by atoms with Crippen LogP contribution in [0.4, 0.5) is 0 Å². The molecule has 0 bridgehead atoms. The molecule has 0 fully saturated rings. The van der Waals surface area contributed by atoms with Gasteiger partial charge in [-0.3, -0.25) is 0 Å². The second-order valence-electron chi connectivity index (χ2n) is 17.2. The van der Waals surface area contributed by atoms with Crippen LogP contribution in [0.1, 0.15) is 132 Å². The lowest BCUT2D eigenvalue weighted by atomic mass is 10.0. The van der Waals surface area contributed by atoms with Gasteiger partial charge in [-0.05, 0) is 76.6 Å². The highest BCUT2D eigenvalue weighted by atomic mass is 14.0. The van der Waals surface area contributed by atoms with Gasteiger partial charge in [0.05, 0.1) is 0 Å². The Bertz CT molecular complexity index is 1790. The number of aryl methyl sites for hydroxylation is 3. The van der Waals surface area contributed by atoms with Gasteiger partial charge in [0.1, 0.15) is 0 Å². The van der Waals surface area contributed by atoms with Crippen molar-refractivity contribution in [1.29, 1.82) is 0 Å². The fraction of sp³-hybridized carbons (Fsp3) is 0.404. The van der Waals surface area contributed by atoms with Crippen molar-refractivity contribution in [2.24, 2.45) is 17.3 Å². The lowest BCUT2D eigenvalue weighted by Crippen LogP contribution is -1.93. The SMILES string of the molecule is CC(C)(C)C.CCC(C)C.CCC(C)C.CCCCC.Cc1ccc2ccccc2c1.Cc1cccc(-c2ccccc2)c1.Cc1ccccc1-c1ccccc1. The monoisotopic (exact) mass is 767 g/mol. The van der Waals surface area contributed by atoms with Gasteiger partial charge in [0.25, 0.3) is 0 Å². The van der Waals surface area contributed by atoms with Crippen LogP contribution in [0.2, 0.25) is 0 Å². The lowest BCUT2D eigenvalue weighted by Gasteiger charge is -2.05. The highest BCUT2D eigenvalue weighted by Gasteiger charge is 1.98. The molecule has 0 atom stereocenters. The van der Waals surface area contributed by atoms with Gasteiger partial charge in [0, 0.05) is 0 Å². The summed E-state index contributed by atoms with van der Waals surface area (Å²) in [6.45, 7) is 32.8. The van der Waals surface area contributed by atoms with Gasteiger partial charge < -0.3 is 0 Å². The number of hydrogen-bond acceptors (Lipinski definition) is 0. The van der Waals surface area contributed by atoms with E-state index in [0.29, 0.717) is 5.41 Å². The molecular weight excluding hydrogens is 685 g/mol. The quantitative estimate of drug-likeness (QED) is 0.158. The summed E-state index contributed by atoms with van der Waals surface area (Å²) in [6.07, 6.45) is 6.69. The second kappa shape index (κ2) is 31.6. The van der Waals surface area contributed by atoms with E-state index in [1.807, 2.05) is 12.1 Å². The number of hydrogen-bond donors (Lipinski definition) is 0. The minimum atomic E-state index is 0.500. The molecule has 6 aromatic carbocycles. The fourth-order valence-corrected chi connectivity index (χ4v) is 4.63. The van der Waals surface area contributed by atoms with Crippen molar-refractivity contribution in [2.75, 3.05) is 0 Å². The molecule has 0 aliphatic rings. The molecule has 0 heteroatoms. The Morgan fingerprint density at radius 2 is 0.807 bits per heavy atom. The van der Waals surface area contributed by atoms with Crippen molar-refractivity contribution >= 4 is 10.8 Å². The fourth-order valence-electron chi connectivity index (χ4n) is 4.63. The topological polar surface area (TPSA) is 0 Å². The molecule has 0 N–H and O–H groups in total. The first-order chi connectivity index (χ1) is 27.1. The molecule has 0 unspecified atom stereocenters. The Hall–Kier alpha value is -4.42. The van der Waals surface area contributed by atoms with Gasteiger partial charge in [0.2, 0.25) is 0 Å². The summed E-state index contributed by atoms with van der Waals surface area (Å²) in [4.78, 5) is 0. The van der Waals surface area contributed by atoms with Crippen LogP contribution in [-0.4, -0.2) is 0 Å². The number of benzene rings is 6. The molecule has 0 spiro atoms. The van der Waals surface area contributed by atoms with Crippen molar-refractivity contribution < 1.29 is 0 Å². The van der Waals surface area contributed by atoms with E-state index >= 15 is 0 Å². The van der Waals surface area contributed by atoms with E-state index in [1.54, 1.807) is 0 Å². The third-order valence-electron chi connectivity index (χ3n) is 8.60. The number of unbranched alkanes of at least 4 members (excludes halogenated alkanes) is 2. The van der Waals surface area contributed by atoms with Crippen LogP contribution in [0, 0.1) is 38.0 Å². The van der Waals surface area contributed by atoms with Crippen LogP contribution >= 0.6 is 0 Å². The maximum atomic E-state index is 2.22. The molecule has 0 aliphatic carbocycles. The molecule has 57 heavy (non-hydrogen) atoms. The van der Waals surface area contributed by atoms with Crippen molar-refractivity contribution in [3.05, 3.63) is 168 Å². The van der Waals surface area contributed by atoms with E-state index < -0.39 is 0 Å². The Balaban J connectivity index is 0.000000675. The van der Waals surface area contributed by atoms with Crippen molar-refractivity contribution in [1.82, 2.24) is 0 Å². The van der Waals surface area contributed by atoms with Crippen molar-refractivity contribution in [3.8, 4) is 22.3 Å². The largest absolute Gasteiger partial charge is 0.0654 e. The first-order valence-electron chi connectivity index (χ1n) is 21.7. The van der Waals surface area contributed by atoms with Crippen LogP contribution in [0.3, 0.4) is 0 Å². The van der Waals surface area contributed by atoms with Crippen LogP contribution in [0.5, 0.6) is 0 Å². The molecular formula is C57H82. The maximum absolute atomic E-state index is 2.22. The summed E-state index contributed by atoms with van der Waals surface area (Å²) in [7, 11) is 0. The van der Waals surface area contributed by atoms with Gasteiger partial charge in [0.15, 0.2) is 0 Å². The molecule has 0 saturated heterocycles. The first-order valence-corrected chi connectivity index (χ1v) is 21.7. The molecule has 0 aliphatic heterocycles. The Kier molecular flexibility index (Phi) is 29.2. The van der Waals surface area contributed by atoms with Gasteiger partial charge in [-0.2, -0.15) is 0 Å². The third-order valence-corrected chi connectivity index (χ3v) is 8.60. The van der Waals surface area contributed by atoms with E-state index in [4.69, 9.17) is 0 Å². The number of rotatable bonds is 6. The molecule has 310 valence electrons. The zero-order chi connectivity index (χ0) is 43.1. The van der Waals surface area contributed by atoms with Crippen LogP contribution in [0.15, 0.2) is 152 Å². The van der Waals surface area contributed by atoms with Gasteiger partial charge >= 0.3 is 0 Å². The van der Waals surface area contributed by atoms with Crippen LogP contribution in [0.25, 0.3) is 33.0 Å². The summed E-state index contributed by atoms with van der Waals surface area (Å²) in [6, 6.07) is 52.8. The minimum Gasteiger partial charge on any atom is -0.0654 e. The van der Waals surface area contributed by atoms with Crippen LogP contribution in [-0.2, 0) is 0 Å². The molecule has 0 heterocycles. The summed E-state index contributed by atoms with van der Waals surface area (Å²) >= 11 is 0. The minimum absolute atomic E-state index is 0.500. The van der Waals surface area contributed by atoms with Crippen LogP contribution < -0.4 is 0 Å². The van der Waals surface area contributed by atoms with E-state index in [-0.39, 0.29) is 0 Å². The molecule has 0 radical (unpaired) electrons. The van der Waals surface area contributed by atoms with Gasteiger partial charge in [-0.15, -0.1) is 0 Å². The average Bonchev–Trinajstić information content (AvgIpc) is 3.19. The predicted molar refractivity (Wildman–Crippen MR) is 263 cm³/mol. The third kappa shape index (κ3) is 28.6. The zero-order valence-corrected chi connectivity index (χ0v) is 39.1. The molecule has 0 amide bonds. The molecule has 6 aromatic rings. The summed E-state index contributed by atoms with van der Waals surface area (Å²) in [5.74, 6) is 1.77. The van der Waals surface area contributed by atoms with E-state index in [1.165, 1.54) is 81.8 Å². The van der Waals surface area contributed by atoms with E-state index in [2.05, 4.69) is 243 Å². The Morgan fingerprint density at radius 1 is 0.404 bits per heavy atom. The lowest BCUT2D eigenvalue weighted by molar-refractivity contribution is 0.469. The first kappa shape index (κ1) is 52.6. The standard InChI is InChI=1S/2C13H12.C11H10.4C5H12/c1-11-7-5-6-10-13(11)12-8-3-2-4-9-12;1-11-6-5-9-13(10-11)12-7-3-2-4-8-12;1-9-6-7-10-4-2-3-5-11(10)8-9;1-5(2,3)4;2*1-4-5(2)3;1-3-5-4-2/h2*2-10H,1H3;2-8H,1H3;1-4H3;2*5H,4H2,1-3H3;3-5H2,1-2H3. The highest BCUT2D eigenvalue weighted by Crippen LogP contribution is 2.22. The number of fused-ring (bicyclic) bond motifs is 1. The van der Waals surface area contributed by atoms with E-state index in [9.17, 15) is 0 Å². The average molecular weight is 767 g/mol. The summed E-state index contributed by atoms with van der Waals surface area (Å²) in [5, 5.41) is 2.64. The summed E-state index contributed by atoms with van der Waals surface area (Å²) < 4.78 is 0. The molecule has 0 nitrogen and oxygen atoms in total. The Labute approximate surface area is 353 Å². The van der Waals surface area contributed by atoms with Crippen molar-refractivity contribution in [3.63, 3.8) is 0 Å². The summed E-state index contributed by atoms with van der Waals surface area (Å²) in [5.41, 5.74) is 9.65. The molecule has 6 rings (SSSR count). The highest BCUT2D eigenvalue weighted by molar-refractivity contribution is 5.82. The second-order valence-corrected chi connectivity index (χ2v) is 17.2. The molecule has 0 aromatic heterocycles. The van der Waals surface area contributed by atoms with Gasteiger partial charge in [-0.1, -0.05) is 278 Å². The van der Waals surface area contributed by atoms with Crippen molar-refractivity contribution in [2.45, 2.75) is 136 Å². The maximum Gasteiger partial charge on any atom is -0.0155 e. The zero-order valence-electron chi connectivity index (χ0n) is 39.1. The predicted octanol–water partition coefficient (Wildman–Crippen LogP) is 18.8. The molecule has 0 saturated carbocycles.